The van der Waals surface area contributed by atoms with E-state index < -0.39 is 0 Å². The first kappa shape index (κ1) is 13.2. The van der Waals surface area contributed by atoms with Crippen LogP contribution in [-0.2, 0) is 4.79 Å². The molecule has 0 spiro atoms. The molecule has 108 valence electrons. The fourth-order valence-corrected chi connectivity index (χ4v) is 2.86. The van der Waals surface area contributed by atoms with E-state index in [1.807, 2.05) is 18.2 Å². The van der Waals surface area contributed by atoms with E-state index in [9.17, 15) is 4.79 Å². The van der Waals surface area contributed by atoms with Crippen LogP contribution in [0, 0.1) is 0 Å². The van der Waals surface area contributed by atoms with Gasteiger partial charge in [0.15, 0.2) is 18.0 Å². The number of fused-ring (bicyclic) bond motifs is 1. The molecule has 2 aliphatic rings. The maximum Gasteiger partial charge on any atom is 0.279 e. The summed E-state index contributed by atoms with van der Waals surface area (Å²) < 4.78 is 10.7. The Bertz CT molecular complexity index is 482. The first-order valence-corrected chi connectivity index (χ1v) is 7.35. The van der Waals surface area contributed by atoms with Gasteiger partial charge in [0.25, 0.3) is 5.91 Å². The largest absolute Gasteiger partial charge is 0.454 e. The van der Waals surface area contributed by atoms with Crippen molar-refractivity contribution in [3.63, 3.8) is 0 Å². The molecular weight excluding hydrogens is 256 g/mol. The van der Waals surface area contributed by atoms with Crippen LogP contribution in [0.2, 0.25) is 0 Å². The number of nitrogens with one attached hydrogen (secondary N) is 2. The summed E-state index contributed by atoms with van der Waals surface area (Å²) >= 11 is 0. The van der Waals surface area contributed by atoms with Crippen molar-refractivity contribution in [3.05, 3.63) is 18.2 Å². The molecule has 0 unspecified atom stereocenters. The number of quaternary nitrogens is 1. The molecule has 2 N–H and O–H groups in total. The highest BCUT2D eigenvalue weighted by Gasteiger charge is 2.21. The van der Waals surface area contributed by atoms with Gasteiger partial charge in [-0.1, -0.05) is 6.07 Å². The minimum Gasteiger partial charge on any atom is -0.454 e. The number of rotatable bonds is 3. The third-order valence-corrected chi connectivity index (χ3v) is 3.89. The number of hydrogen-bond acceptors (Lipinski definition) is 3. The summed E-state index contributed by atoms with van der Waals surface area (Å²) in [7, 11) is 0. The predicted molar refractivity (Wildman–Crippen MR) is 75.2 cm³/mol. The van der Waals surface area contributed by atoms with E-state index in [0.717, 1.165) is 13.1 Å². The van der Waals surface area contributed by atoms with Crippen LogP contribution in [0.3, 0.4) is 0 Å². The molecule has 3 rings (SSSR count). The second-order valence-corrected chi connectivity index (χ2v) is 5.43. The summed E-state index contributed by atoms with van der Waals surface area (Å²) in [5.41, 5.74) is 0.708. The van der Waals surface area contributed by atoms with Gasteiger partial charge in [0.05, 0.1) is 18.8 Å². The maximum atomic E-state index is 12.2. The van der Waals surface area contributed by atoms with Crippen LogP contribution in [0.5, 0.6) is 11.5 Å². The first-order valence-electron chi connectivity index (χ1n) is 7.35. The van der Waals surface area contributed by atoms with Crippen molar-refractivity contribution in [1.29, 1.82) is 0 Å². The Hall–Kier alpha value is -1.75. The summed E-state index contributed by atoms with van der Waals surface area (Å²) in [6.07, 6.45) is 5.03. The van der Waals surface area contributed by atoms with E-state index in [4.69, 9.17) is 9.47 Å². The van der Waals surface area contributed by atoms with Gasteiger partial charge in [0, 0.05) is 0 Å². The molecular formula is C15H21N2O3+. The monoisotopic (exact) mass is 277 g/mol. The minimum absolute atomic E-state index is 0.0470. The molecule has 0 aromatic heterocycles. The Kier molecular flexibility index (Phi) is 4.06. The number of anilines is 1. The lowest BCUT2D eigenvalue weighted by Gasteiger charge is -2.16. The molecule has 1 aromatic carbocycles. The second-order valence-electron chi connectivity index (χ2n) is 5.43. The number of amides is 1. The van der Waals surface area contributed by atoms with Gasteiger partial charge in [-0.3, -0.25) is 4.79 Å². The molecule has 0 saturated carbocycles. The lowest BCUT2D eigenvalue weighted by atomic mass is 10.2. The number of likely N-dealkylation sites (tertiary alicyclic amines) is 1. The SMILES string of the molecule is O=C(C[NH+]1CCCCCC1)Nc1cccc2c1OCO2. The maximum absolute atomic E-state index is 12.2. The summed E-state index contributed by atoms with van der Waals surface area (Å²) in [6, 6.07) is 5.56. The van der Waals surface area contributed by atoms with Crippen LogP contribution < -0.4 is 19.7 Å². The van der Waals surface area contributed by atoms with Gasteiger partial charge in [-0.25, -0.2) is 0 Å². The van der Waals surface area contributed by atoms with Gasteiger partial charge in [0.1, 0.15) is 0 Å². The van der Waals surface area contributed by atoms with Crippen molar-refractivity contribution < 1.29 is 19.2 Å². The number of para-hydroxylation sites is 1. The van der Waals surface area contributed by atoms with Crippen LogP contribution in [-0.4, -0.2) is 32.3 Å². The molecule has 1 aromatic rings. The number of hydrogen-bond donors (Lipinski definition) is 2. The van der Waals surface area contributed by atoms with Gasteiger partial charge in [-0.05, 0) is 37.8 Å². The molecule has 1 amide bonds. The van der Waals surface area contributed by atoms with Crippen molar-refractivity contribution in [2.75, 3.05) is 31.7 Å². The molecule has 0 radical (unpaired) electrons. The molecule has 0 atom stereocenters. The normalized spacial score (nSPS) is 18.6. The Morgan fingerprint density at radius 2 is 1.95 bits per heavy atom. The van der Waals surface area contributed by atoms with Crippen LogP contribution >= 0.6 is 0 Å². The Balaban J connectivity index is 1.60. The lowest BCUT2D eigenvalue weighted by molar-refractivity contribution is -0.890. The molecule has 2 aliphatic heterocycles. The van der Waals surface area contributed by atoms with Gasteiger partial charge >= 0.3 is 0 Å². The van der Waals surface area contributed by atoms with Crippen molar-refractivity contribution in [2.45, 2.75) is 25.7 Å². The van der Waals surface area contributed by atoms with Gasteiger partial charge in [0.2, 0.25) is 6.79 Å². The van der Waals surface area contributed by atoms with Crippen molar-refractivity contribution in [3.8, 4) is 11.5 Å². The summed E-state index contributed by atoms with van der Waals surface area (Å²) in [5, 5.41) is 2.95. The number of carbonyl (C=O) groups is 1. The van der Waals surface area contributed by atoms with Gasteiger partial charge in [-0.15, -0.1) is 0 Å². The molecule has 1 fully saturated rings. The van der Waals surface area contributed by atoms with Crippen LogP contribution in [0.25, 0.3) is 0 Å². The fraction of sp³-hybridized carbons (Fsp3) is 0.533. The topological polar surface area (TPSA) is 52.0 Å². The number of benzene rings is 1. The zero-order valence-electron chi connectivity index (χ0n) is 11.6. The molecule has 0 aliphatic carbocycles. The third kappa shape index (κ3) is 3.04. The van der Waals surface area contributed by atoms with E-state index in [1.165, 1.54) is 30.6 Å². The van der Waals surface area contributed by atoms with Crippen molar-refractivity contribution >= 4 is 11.6 Å². The van der Waals surface area contributed by atoms with Crippen LogP contribution in [0.1, 0.15) is 25.7 Å². The summed E-state index contributed by atoms with van der Waals surface area (Å²) in [6.45, 7) is 2.95. The van der Waals surface area contributed by atoms with Crippen LogP contribution in [0.4, 0.5) is 5.69 Å². The smallest absolute Gasteiger partial charge is 0.279 e. The fourth-order valence-electron chi connectivity index (χ4n) is 2.86. The molecule has 1 saturated heterocycles. The quantitative estimate of drug-likeness (QED) is 0.860. The molecule has 5 heteroatoms. The van der Waals surface area contributed by atoms with Gasteiger partial charge in [-0.2, -0.15) is 0 Å². The number of ether oxygens (including phenoxy) is 2. The zero-order valence-corrected chi connectivity index (χ0v) is 11.6. The lowest BCUT2D eigenvalue weighted by Crippen LogP contribution is -3.12. The molecule has 2 heterocycles. The van der Waals surface area contributed by atoms with E-state index >= 15 is 0 Å². The molecule has 0 bridgehead atoms. The predicted octanol–water partition coefficient (Wildman–Crippen LogP) is 0.813. The standard InChI is InChI=1S/C15H20N2O3/c18-14(10-17-8-3-1-2-4-9-17)16-12-6-5-7-13-15(12)20-11-19-13/h5-7H,1-4,8-11H2,(H,16,18)/p+1. The van der Waals surface area contributed by atoms with Crippen molar-refractivity contribution in [1.82, 2.24) is 0 Å². The first-order chi connectivity index (χ1) is 9.83. The number of carbonyl (C=O) groups excluding carboxylic acids is 1. The van der Waals surface area contributed by atoms with E-state index in [0.29, 0.717) is 23.7 Å². The highest BCUT2D eigenvalue weighted by molar-refractivity contribution is 5.93. The Labute approximate surface area is 118 Å². The average Bonchev–Trinajstić information content (AvgIpc) is 2.78. The molecule has 5 nitrogen and oxygen atoms in total. The van der Waals surface area contributed by atoms with E-state index in [2.05, 4.69) is 5.32 Å². The van der Waals surface area contributed by atoms with Gasteiger partial charge < -0.3 is 19.7 Å². The summed E-state index contributed by atoms with van der Waals surface area (Å²) in [5.74, 6) is 1.39. The van der Waals surface area contributed by atoms with E-state index in [-0.39, 0.29) is 12.7 Å². The molecule has 20 heavy (non-hydrogen) atoms. The van der Waals surface area contributed by atoms with Crippen molar-refractivity contribution in [2.24, 2.45) is 0 Å². The summed E-state index contributed by atoms with van der Waals surface area (Å²) in [4.78, 5) is 13.5. The Morgan fingerprint density at radius 1 is 1.15 bits per heavy atom. The van der Waals surface area contributed by atoms with Crippen LogP contribution in [0.15, 0.2) is 18.2 Å². The third-order valence-electron chi connectivity index (χ3n) is 3.89. The Morgan fingerprint density at radius 3 is 2.75 bits per heavy atom. The second kappa shape index (κ2) is 6.13. The minimum atomic E-state index is 0.0470. The van der Waals surface area contributed by atoms with E-state index in [1.54, 1.807) is 0 Å². The average molecular weight is 277 g/mol. The highest BCUT2D eigenvalue weighted by atomic mass is 16.7. The zero-order chi connectivity index (χ0) is 13.8. The highest BCUT2D eigenvalue weighted by Crippen LogP contribution is 2.38.